The van der Waals surface area contributed by atoms with Gasteiger partial charge in [0.25, 0.3) is 0 Å². The Hall–Kier alpha value is -1.10. The lowest BCUT2D eigenvalue weighted by molar-refractivity contribution is -0.127. The van der Waals surface area contributed by atoms with Crippen LogP contribution < -0.4 is 10.6 Å². The van der Waals surface area contributed by atoms with E-state index >= 15 is 0 Å². The zero-order chi connectivity index (χ0) is 16.2. The minimum absolute atomic E-state index is 0.000475. The van der Waals surface area contributed by atoms with Crippen molar-refractivity contribution in [2.45, 2.75) is 83.2 Å². The summed E-state index contributed by atoms with van der Waals surface area (Å²) in [5.41, 5.74) is 0. The maximum absolute atomic E-state index is 12.0. The largest absolute Gasteiger partial charge is 0.383 e. The molecule has 1 aliphatic rings. The van der Waals surface area contributed by atoms with Crippen LogP contribution in [0.4, 0.5) is 0 Å². The van der Waals surface area contributed by atoms with Gasteiger partial charge in [0.05, 0.1) is 12.6 Å². The number of amides is 2. The molecular formula is C17H32N2O3. The average molecular weight is 312 g/mol. The molecule has 1 saturated carbocycles. The predicted molar refractivity (Wildman–Crippen MR) is 87.6 cm³/mol. The molecule has 128 valence electrons. The lowest BCUT2D eigenvalue weighted by Crippen LogP contribution is -2.39. The summed E-state index contributed by atoms with van der Waals surface area (Å²) in [6, 6.07) is 0.332. The van der Waals surface area contributed by atoms with Gasteiger partial charge in [0, 0.05) is 26.0 Å². The molecule has 2 N–H and O–H groups in total. The molecule has 5 nitrogen and oxygen atoms in total. The highest BCUT2D eigenvalue weighted by molar-refractivity contribution is 5.83. The molecule has 1 fully saturated rings. The fourth-order valence-electron chi connectivity index (χ4n) is 2.89. The molecule has 0 aromatic heterocycles. The zero-order valence-electron chi connectivity index (χ0n) is 14.2. The van der Waals surface area contributed by atoms with Gasteiger partial charge in [0.15, 0.2) is 0 Å². The number of methoxy groups -OCH3 is 1. The van der Waals surface area contributed by atoms with E-state index in [0.717, 1.165) is 19.3 Å². The summed E-state index contributed by atoms with van der Waals surface area (Å²) >= 11 is 0. The van der Waals surface area contributed by atoms with Gasteiger partial charge in [-0.1, -0.05) is 39.0 Å². The van der Waals surface area contributed by atoms with Gasteiger partial charge in [-0.2, -0.15) is 0 Å². The lowest BCUT2D eigenvalue weighted by atomic mass is 9.96. The number of carbonyl (C=O) groups is 2. The van der Waals surface area contributed by atoms with Gasteiger partial charge in [-0.3, -0.25) is 9.59 Å². The van der Waals surface area contributed by atoms with Crippen LogP contribution in [0, 0.1) is 0 Å². The van der Waals surface area contributed by atoms with E-state index in [1.165, 1.54) is 32.1 Å². The molecule has 0 unspecified atom stereocenters. The molecule has 0 heterocycles. The Morgan fingerprint density at radius 2 is 1.64 bits per heavy atom. The van der Waals surface area contributed by atoms with Crippen LogP contribution >= 0.6 is 0 Å². The first-order valence-corrected chi connectivity index (χ1v) is 8.73. The molecular weight excluding hydrogens is 280 g/mol. The first-order valence-electron chi connectivity index (χ1n) is 8.73. The number of ether oxygens (including phenoxy) is 1. The molecule has 0 radical (unpaired) electrons. The van der Waals surface area contributed by atoms with Crippen molar-refractivity contribution >= 4 is 11.8 Å². The van der Waals surface area contributed by atoms with E-state index in [1.807, 2.05) is 6.92 Å². The summed E-state index contributed by atoms with van der Waals surface area (Å²) < 4.78 is 5.05. The Morgan fingerprint density at radius 1 is 1.05 bits per heavy atom. The SMILES string of the molecule is CC[C@H](COC)NC(=O)CCC(=O)NC1CCCCCCC1. The summed E-state index contributed by atoms with van der Waals surface area (Å²) in [5, 5.41) is 5.99. The maximum atomic E-state index is 12.0. The van der Waals surface area contributed by atoms with Crippen molar-refractivity contribution in [3.63, 3.8) is 0 Å². The molecule has 1 aliphatic carbocycles. The van der Waals surface area contributed by atoms with Gasteiger partial charge >= 0.3 is 0 Å². The van der Waals surface area contributed by atoms with E-state index in [4.69, 9.17) is 4.74 Å². The van der Waals surface area contributed by atoms with Gasteiger partial charge < -0.3 is 15.4 Å². The predicted octanol–water partition coefficient (Wildman–Crippen LogP) is 2.54. The summed E-state index contributed by atoms with van der Waals surface area (Å²) in [5.74, 6) is -0.0720. The van der Waals surface area contributed by atoms with Gasteiger partial charge in [-0.05, 0) is 19.3 Å². The van der Waals surface area contributed by atoms with Crippen LogP contribution in [0.3, 0.4) is 0 Å². The van der Waals surface area contributed by atoms with Crippen molar-refractivity contribution in [2.24, 2.45) is 0 Å². The van der Waals surface area contributed by atoms with Crippen molar-refractivity contribution < 1.29 is 14.3 Å². The zero-order valence-corrected chi connectivity index (χ0v) is 14.2. The smallest absolute Gasteiger partial charge is 0.220 e. The second kappa shape index (κ2) is 11.5. The molecule has 0 bridgehead atoms. The molecule has 22 heavy (non-hydrogen) atoms. The Kier molecular flexibility index (Phi) is 9.87. The minimum Gasteiger partial charge on any atom is -0.383 e. The van der Waals surface area contributed by atoms with Crippen molar-refractivity contribution in [1.29, 1.82) is 0 Å². The number of hydrogen-bond acceptors (Lipinski definition) is 3. The van der Waals surface area contributed by atoms with E-state index in [2.05, 4.69) is 10.6 Å². The maximum Gasteiger partial charge on any atom is 0.220 e. The molecule has 0 aromatic rings. The van der Waals surface area contributed by atoms with Gasteiger partial charge in [-0.15, -0.1) is 0 Å². The Labute approximate surface area is 134 Å². The molecule has 0 spiro atoms. The summed E-state index contributed by atoms with van der Waals surface area (Å²) in [6.45, 7) is 2.52. The van der Waals surface area contributed by atoms with Crippen molar-refractivity contribution in [1.82, 2.24) is 10.6 Å². The van der Waals surface area contributed by atoms with Gasteiger partial charge in [0.2, 0.25) is 11.8 Å². The van der Waals surface area contributed by atoms with Crippen LogP contribution in [0.2, 0.25) is 0 Å². The van der Waals surface area contributed by atoms with Gasteiger partial charge in [-0.25, -0.2) is 0 Å². The molecule has 1 atom stereocenters. The van der Waals surface area contributed by atoms with Crippen molar-refractivity contribution in [2.75, 3.05) is 13.7 Å². The van der Waals surface area contributed by atoms with Crippen molar-refractivity contribution in [3.05, 3.63) is 0 Å². The molecule has 0 aromatic carbocycles. The quantitative estimate of drug-likeness (QED) is 0.724. The van der Waals surface area contributed by atoms with E-state index in [0.29, 0.717) is 12.6 Å². The van der Waals surface area contributed by atoms with Gasteiger partial charge in [0.1, 0.15) is 0 Å². The number of nitrogens with one attached hydrogen (secondary N) is 2. The third-order valence-electron chi connectivity index (χ3n) is 4.28. The number of hydrogen-bond donors (Lipinski definition) is 2. The van der Waals surface area contributed by atoms with E-state index in [9.17, 15) is 9.59 Å². The lowest BCUT2D eigenvalue weighted by Gasteiger charge is -2.21. The third kappa shape index (κ3) is 8.37. The normalized spacial score (nSPS) is 18.1. The standard InChI is InChI=1S/C17H32N2O3/c1-3-14(13-22-2)18-16(20)11-12-17(21)19-15-9-7-5-4-6-8-10-15/h14-15H,3-13H2,1-2H3,(H,18,20)(H,19,21)/t14-/m1/s1. The number of rotatable bonds is 8. The first kappa shape index (κ1) is 18.9. The second-order valence-corrected chi connectivity index (χ2v) is 6.24. The first-order chi connectivity index (χ1) is 10.7. The molecule has 1 rings (SSSR count). The molecule has 2 amide bonds. The summed E-state index contributed by atoms with van der Waals surface area (Å²) in [6.07, 6.45) is 9.74. The highest BCUT2D eigenvalue weighted by Gasteiger charge is 2.16. The topological polar surface area (TPSA) is 67.4 Å². The molecule has 5 heteroatoms. The summed E-state index contributed by atoms with van der Waals surface area (Å²) in [4.78, 5) is 23.8. The van der Waals surface area contributed by atoms with Crippen LogP contribution in [0.1, 0.15) is 71.1 Å². The fourth-order valence-corrected chi connectivity index (χ4v) is 2.89. The summed E-state index contributed by atoms with van der Waals surface area (Å²) in [7, 11) is 1.62. The Morgan fingerprint density at radius 3 is 2.23 bits per heavy atom. The average Bonchev–Trinajstić information content (AvgIpc) is 2.47. The van der Waals surface area contributed by atoms with E-state index < -0.39 is 0 Å². The van der Waals surface area contributed by atoms with E-state index in [-0.39, 0.29) is 30.7 Å². The van der Waals surface area contributed by atoms with Crippen LogP contribution in [0.5, 0.6) is 0 Å². The monoisotopic (exact) mass is 312 g/mol. The number of carbonyl (C=O) groups excluding carboxylic acids is 2. The highest BCUT2D eigenvalue weighted by Crippen LogP contribution is 2.17. The van der Waals surface area contributed by atoms with Crippen LogP contribution in [-0.4, -0.2) is 37.6 Å². The fraction of sp³-hybridized carbons (Fsp3) is 0.882. The highest BCUT2D eigenvalue weighted by atomic mass is 16.5. The minimum atomic E-state index is -0.0725. The second-order valence-electron chi connectivity index (χ2n) is 6.24. The molecule has 0 saturated heterocycles. The van der Waals surface area contributed by atoms with Crippen LogP contribution in [0.25, 0.3) is 0 Å². The van der Waals surface area contributed by atoms with Crippen LogP contribution in [0.15, 0.2) is 0 Å². The van der Waals surface area contributed by atoms with Crippen molar-refractivity contribution in [3.8, 4) is 0 Å². The van der Waals surface area contributed by atoms with E-state index in [1.54, 1.807) is 7.11 Å². The Balaban J connectivity index is 2.22. The molecule has 0 aliphatic heterocycles. The Bertz CT molecular complexity index is 326. The third-order valence-corrected chi connectivity index (χ3v) is 4.28. The van der Waals surface area contributed by atoms with Crippen LogP contribution in [-0.2, 0) is 14.3 Å².